The minimum atomic E-state index is -1.01. The van der Waals surface area contributed by atoms with E-state index in [2.05, 4.69) is 29.8 Å². The van der Waals surface area contributed by atoms with Gasteiger partial charge < -0.3 is 15.3 Å². The lowest BCUT2D eigenvalue weighted by Gasteiger charge is -2.41. The third-order valence-electron chi connectivity index (χ3n) is 3.30. The molecule has 98 valence electrons. The zero-order valence-corrected chi connectivity index (χ0v) is 11.2. The topological polar surface area (TPSA) is 69.6 Å². The summed E-state index contributed by atoms with van der Waals surface area (Å²) in [5.41, 5.74) is 0. The Kier molecular flexibility index (Phi) is 4.82. The van der Waals surface area contributed by atoms with Gasteiger partial charge in [-0.05, 0) is 32.5 Å². The standard InChI is InChI=1S/C11H20N2O3S/c1-3-13-6-4-11(17,5-7-13)9(10(15)16)12-8(2)14/h9,17H,3-7H2,1-2H3,(H,12,14)(H,15,16)/t9-/m1/s1. The Morgan fingerprint density at radius 1 is 1.47 bits per heavy atom. The Bertz CT molecular complexity index is 301. The fourth-order valence-electron chi connectivity index (χ4n) is 2.17. The van der Waals surface area contributed by atoms with Gasteiger partial charge in [0.1, 0.15) is 6.04 Å². The summed E-state index contributed by atoms with van der Waals surface area (Å²) in [6.45, 7) is 6.01. The molecular formula is C11H20N2O3S. The van der Waals surface area contributed by atoms with E-state index in [1.807, 2.05) is 0 Å². The lowest BCUT2D eigenvalue weighted by atomic mass is 9.88. The number of amides is 1. The molecule has 1 rings (SSSR count). The number of nitrogens with one attached hydrogen (secondary N) is 1. The highest BCUT2D eigenvalue weighted by Crippen LogP contribution is 2.32. The smallest absolute Gasteiger partial charge is 0.327 e. The molecule has 0 saturated carbocycles. The Balaban J connectivity index is 2.73. The summed E-state index contributed by atoms with van der Waals surface area (Å²) in [5.74, 6) is -1.34. The van der Waals surface area contributed by atoms with Crippen LogP contribution in [0.25, 0.3) is 0 Å². The van der Waals surface area contributed by atoms with Gasteiger partial charge in [0.15, 0.2) is 0 Å². The number of hydrogen-bond acceptors (Lipinski definition) is 4. The van der Waals surface area contributed by atoms with Gasteiger partial charge in [-0.15, -0.1) is 0 Å². The van der Waals surface area contributed by atoms with Crippen molar-refractivity contribution in [2.45, 2.75) is 37.5 Å². The Labute approximate surface area is 107 Å². The molecule has 0 aliphatic carbocycles. The molecule has 1 aliphatic heterocycles. The molecule has 0 aromatic carbocycles. The first kappa shape index (κ1) is 14.3. The van der Waals surface area contributed by atoms with Gasteiger partial charge in [0, 0.05) is 11.7 Å². The summed E-state index contributed by atoms with van der Waals surface area (Å²) in [6, 6.07) is -0.915. The molecule has 0 spiro atoms. The summed E-state index contributed by atoms with van der Waals surface area (Å²) in [6.07, 6.45) is 1.34. The number of nitrogens with zero attached hydrogens (tertiary/aromatic N) is 1. The van der Waals surface area contributed by atoms with Crippen LogP contribution in [0.15, 0.2) is 0 Å². The maximum absolute atomic E-state index is 11.2. The number of thiol groups is 1. The van der Waals surface area contributed by atoms with Gasteiger partial charge in [-0.25, -0.2) is 4.79 Å². The fourth-order valence-corrected chi connectivity index (χ4v) is 2.55. The van der Waals surface area contributed by atoms with Crippen molar-refractivity contribution in [2.24, 2.45) is 0 Å². The number of aliphatic carboxylic acids is 1. The van der Waals surface area contributed by atoms with E-state index in [9.17, 15) is 14.7 Å². The molecule has 1 atom stereocenters. The second-order valence-corrected chi connectivity index (χ2v) is 5.40. The summed E-state index contributed by atoms with van der Waals surface area (Å²) < 4.78 is -0.650. The molecule has 0 bridgehead atoms. The predicted molar refractivity (Wildman–Crippen MR) is 68.3 cm³/mol. The van der Waals surface area contributed by atoms with Gasteiger partial charge in [0.05, 0.1) is 0 Å². The van der Waals surface area contributed by atoms with E-state index in [4.69, 9.17) is 0 Å². The van der Waals surface area contributed by atoms with Crippen LogP contribution in [0.2, 0.25) is 0 Å². The number of hydrogen-bond donors (Lipinski definition) is 3. The molecule has 1 amide bonds. The number of rotatable bonds is 4. The van der Waals surface area contributed by atoms with Gasteiger partial charge in [0.25, 0.3) is 0 Å². The van der Waals surface area contributed by atoms with Crippen molar-refractivity contribution in [3.05, 3.63) is 0 Å². The van der Waals surface area contributed by atoms with E-state index in [1.165, 1.54) is 6.92 Å². The molecule has 17 heavy (non-hydrogen) atoms. The molecular weight excluding hydrogens is 240 g/mol. The van der Waals surface area contributed by atoms with Crippen molar-refractivity contribution in [1.82, 2.24) is 10.2 Å². The van der Waals surface area contributed by atoms with Crippen LogP contribution in [-0.4, -0.2) is 52.3 Å². The van der Waals surface area contributed by atoms with Crippen LogP contribution < -0.4 is 5.32 Å². The number of carbonyl (C=O) groups excluding carboxylic acids is 1. The molecule has 0 unspecified atom stereocenters. The molecule has 0 aromatic rings. The Hall–Kier alpha value is -0.750. The van der Waals surface area contributed by atoms with E-state index in [-0.39, 0.29) is 5.91 Å². The van der Waals surface area contributed by atoms with Crippen LogP contribution in [0.5, 0.6) is 0 Å². The number of carboxylic acid groups (broad SMARTS) is 1. The second-order valence-electron chi connectivity index (χ2n) is 4.51. The van der Waals surface area contributed by atoms with Crippen LogP contribution in [0, 0.1) is 0 Å². The number of piperidine rings is 1. The van der Waals surface area contributed by atoms with E-state index in [0.29, 0.717) is 12.8 Å². The quantitative estimate of drug-likeness (QED) is 0.638. The van der Waals surface area contributed by atoms with Crippen molar-refractivity contribution in [3.63, 3.8) is 0 Å². The fraction of sp³-hybridized carbons (Fsp3) is 0.818. The normalized spacial score (nSPS) is 21.8. The zero-order valence-electron chi connectivity index (χ0n) is 10.3. The lowest BCUT2D eigenvalue weighted by molar-refractivity contribution is -0.143. The molecule has 2 N–H and O–H groups in total. The van der Waals surface area contributed by atoms with Crippen molar-refractivity contribution in [3.8, 4) is 0 Å². The second kappa shape index (κ2) is 5.73. The van der Waals surface area contributed by atoms with Crippen molar-refractivity contribution < 1.29 is 14.7 Å². The molecule has 0 aromatic heterocycles. The highest BCUT2D eigenvalue weighted by atomic mass is 32.1. The van der Waals surface area contributed by atoms with Gasteiger partial charge >= 0.3 is 5.97 Å². The van der Waals surface area contributed by atoms with Gasteiger partial charge in [-0.1, -0.05) is 6.92 Å². The Morgan fingerprint density at radius 3 is 2.35 bits per heavy atom. The van der Waals surface area contributed by atoms with Crippen molar-refractivity contribution in [2.75, 3.05) is 19.6 Å². The predicted octanol–water partition coefficient (Wildman–Crippen LogP) is 0.360. The summed E-state index contributed by atoms with van der Waals surface area (Å²) >= 11 is 4.52. The van der Waals surface area contributed by atoms with Crippen LogP contribution in [0.4, 0.5) is 0 Å². The van der Waals surface area contributed by atoms with Crippen LogP contribution in [-0.2, 0) is 9.59 Å². The van der Waals surface area contributed by atoms with Crippen LogP contribution >= 0.6 is 12.6 Å². The van der Waals surface area contributed by atoms with Crippen molar-refractivity contribution in [1.29, 1.82) is 0 Å². The SMILES string of the molecule is CCN1CCC(S)([C@H](NC(C)=O)C(=O)O)CC1. The highest BCUT2D eigenvalue weighted by molar-refractivity contribution is 7.82. The van der Waals surface area contributed by atoms with E-state index >= 15 is 0 Å². The van der Waals surface area contributed by atoms with Crippen LogP contribution in [0.3, 0.4) is 0 Å². The molecule has 6 heteroatoms. The zero-order chi connectivity index (χ0) is 13.1. The van der Waals surface area contributed by atoms with E-state index in [1.54, 1.807) is 0 Å². The Morgan fingerprint density at radius 2 is 2.00 bits per heavy atom. The minimum Gasteiger partial charge on any atom is -0.480 e. The molecule has 1 saturated heterocycles. The minimum absolute atomic E-state index is 0.330. The first-order chi connectivity index (χ1) is 7.89. The summed E-state index contributed by atoms with van der Waals surface area (Å²) in [7, 11) is 0. The average molecular weight is 260 g/mol. The summed E-state index contributed by atoms with van der Waals surface area (Å²) in [5, 5.41) is 11.7. The third kappa shape index (κ3) is 3.61. The lowest BCUT2D eigenvalue weighted by Crippen LogP contribution is -2.57. The summed E-state index contributed by atoms with van der Waals surface area (Å²) in [4.78, 5) is 24.5. The first-order valence-electron chi connectivity index (χ1n) is 5.83. The number of carboxylic acids is 1. The number of likely N-dealkylation sites (tertiary alicyclic amines) is 1. The first-order valence-corrected chi connectivity index (χ1v) is 6.28. The van der Waals surface area contributed by atoms with E-state index in [0.717, 1.165) is 19.6 Å². The van der Waals surface area contributed by atoms with Crippen LogP contribution in [0.1, 0.15) is 26.7 Å². The highest BCUT2D eigenvalue weighted by Gasteiger charge is 2.42. The maximum atomic E-state index is 11.2. The largest absolute Gasteiger partial charge is 0.480 e. The average Bonchev–Trinajstić information content (AvgIpc) is 2.26. The third-order valence-corrected chi connectivity index (χ3v) is 4.01. The molecule has 0 radical (unpaired) electrons. The molecule has 1 aliphatic rings. The monoisotopic (exact) mass is 260 g/mol. The molecule has 1 fully saturated rings. The van der Waals surface area contributed by atoms with Gasteiger partial charge in [-0.2, -0.15) is 12.6 Å². The van der Waals surface area contributed by atoms with Gasteiger partial charge in [-0.3, -0.25) is 4.79 Å². The molecule has 1 heterocycles. The van der Waals surface area contributed by atoms with Gasteiger partial charge in [0.2, 0.25) is 5.91 Å². The van der Waals surface area contributed by atoms with E-state index < -0.39 is 16.8 Å². The van der Waals surface area contributed by atoms with Crippen molar-refractivity contribution >= 4 is 24.5 Å². The molecule has 5 nitrogen and oxygen atoms in total. The maximum Gasteiger partial charge on any atom is 0.327 e. The number of carbonyl (C=O) groups is 2.